The van der Waals surface area contributed by atoms with Crippen LogP contribution in [0.25, 0.3) is 0 Å². The van der Waals surface area contributed by atoms with E-state index in [0.717, 1.165) is 0 Å². The van der Waals surface area contributed by atoms with Crippen LogP contribution in [0.4, 0.5) is 4.79 Å². The molecule has 1 heterocycles. The molecule has 0 N–H and O–H groups in total. The summed E-state index contributed by atoms with van der Waals surface area (Å²) in [5.74, 6) is 0.456. The smallest absolute Gasteiger partial charge is 0.410 e. The van der Waals surface area contributed by atoms with E-state index in [0.29, 0.717) is 18.8 Å². The molecule has 0 aromatic heterocycles. The molecule has 0 atom stereocenters. The zero-order valence-corrected chi connectivity index (χ0v) is 11.2. The van der Waals surface area contributed by atoms with Crippen LogP contribution >= 0.6 is 0 Å². The molecule has 1 saturated heterocycles. The summed E-state index contributed by atoms with van der Waals surface area (Å²) in [6.07, 6.45) is -0.469. The highest BCUT2D eigenvalue weighted by Gasteiger charge is 2.29. The number of amides is 2. The minimum absolute atomic E-state index is 0.0359. The van der Waals surface area contributed by atoms with Gasteiger partial charge in [0.2, 0.25) is 5.91 Å². The summed E-state index contributed by atoms with van der Waals surface area (Å²) >= 11 is 0. The second kappa shape index (κ2) is 5.73. The number of piperazine rings is 1. The lowest BCUT2D eigenvalue weighted by Gasteiger charge is -2.35. The van der Waals surface area contributed by atoms with Crippen LogP contribution in [0.3, 0.4) is 0 Å². The molecule has 1 fully saturated rings. The maximum absolute atomic E-state index is 11.9. The Kier molecular flexibility index (Phi) is 4.04. The normalized spacial score (nSPS) is 15.8. The maximum atomic E-state index is 11.9. The summed E-state index contributed by atoms with van der Waals surface area (Å²) in [5, 5.41) is 0. The van der Waals surface area contributed by atoms with Crippen LogP contribution in [-0.2, 0) is 4.79 Å². The first-order valence-electron chi connectivity index (χ1n) is 6.39. The zero-order chi connectivity index (χ0) is 13.8. The highest BCUT2D eigenvalue weighted by atomic mass is 16.6. The summed E-state index contributed by atoms with van der Waals surface area (Å²) < 4.78 is 5.21. The summed E-state index contributed by atoms with van der Waals surface area (Å²) in [6.45, 7) is 5.09. The molecule has 0 unspecified atom stereocenters. The number of ether oxygens (including phenoxy) is 1. The minimum atomic E-state index is -0.469. The molecule has 102 valence electrons. The Labute approximate surface area is 112 Å². The predicted octanol–water partition coefficient (Wildman–Crippen LogP) is 1.74. The van der Waals surface area contributed by atoms with Gasteiger partial charge in [-0.15, -0.1) is 0 Å². The molecule has 1 aliphatic rings. The van der Waals surface area contributed by atoms with Crippen LogP contribution in [0.15, 0.2) is 30.3 Å². The molecule has 19 heavy (non-hydrogen) atoms. The average Bonchev–Trinajstić information content (AvgIpc) is 2.39. The molecule has 2 rings (SSSR count). The van der Waals surface area contributed by atoms with Gasteiger partial charge < -0.3 is 9.64 Å². The van der Waals surface area contributed by atoms with Crippen molar-refractivity contribution in [2.45, 2.75) is 19.9 Å². The van der Waals surface area contributed by atoms with Gasteiger partial charge in [-0.05, 0) is 26.0 Å². The lowest BCUT2D eigenvalue weighted by Crippen LogP contribution is -2.54. The first-order valence-corrected chi connectivity index (χ1v) is 6.39. The summed E-state index contributed by atoms with van der Waals surface area (Å²) in [4.78, 5) is 27.0. The Hall–Kier alpha value is -2.04. The Morgan fingerprint density at radius 1 is 1.21 bits per heavy atom. The first-order chi connectivity index (χ1) is 9.08. The van der Waals surface area contributed by atoms with Crippen LogP contribution in [0.2, 0.25) is 0 Å². The number of nitrogens with zero attached hydrogens (tertiary/aromatic N) is 2. The van der Waals surface area contributed by atoms with Crippen LogP contribution < -0.4 is 4.74 Å². The molecule has 0 bridgehead atoms. The van der Waals surface area contributed by atoms with Crippen LogP contribution in [0.1, 0.15) is 13.8 Å². The summed E-state index contributed by atoms with van der Waals surface area (Å²) in [7, 11) is 0. The number of rotatable bonds is 2. The number of carbonyl (C=O) groups is 2. The molecule has 1 aromatic carbocycles. The zero-order valence-electron chi connectivity index (χ0n) is 11.2. The Balaban J connectivity index is 1.93. The second-order valence-corrected chi connectivity index (χ2v) is 4.78. The van der Waals surface area contributed by atoms with E-state index >= 15 is 0 Å². The molecule has 5 heteroatoms. The van der Waals surface area contributed by atoms with E-state index in [1.807, 2.05) is 19.9 Å². The summed E-state index contributed by atoms with van der Waals surface area (Å²) in [6, 6.07) is 9.03. The number of carbonyl (C=O) groups excluding carboxylic acids is 2. The third kappa shape index (κ3) is 3.24. The monoisotopic (exact) mass is 262 g/mol. The predicted molar refractivity (Wildman–Crippen MR) is 70.9 cm³/mol. The van der Waals surface area contributed by atoms with Gasteiger partial charge in [-0.3, -0.25) is 9.69 Å². The van der Waals surface area contributed by atoms with Crippen LogP contribution in [-0.4, -0.2) is 47.5 Å². The maximum Gasteiger partial charge on any atom is 0.415 e. The van der Waals surface area contributed by atoms with Gasteiger partial charge in [0.25, 0.3) is 0 Å². The Bertz CT molecular complexity index is 459. The number of benzene rings is 1. The highest BCUT2D eigenvalue weighted by Crippen LogP contribution is 2.13. The van der Waals surface area contributed by atoms with Gasteiger partial charge in [-0.2, -0.15) is 0 Å². The SMILES string of the molecule is CC(C)N1CCN(C(=O)Oc2ccccc2)CC1=O. The van der Waals surface area contributed by atoms with E-state index in [2.05, 4.69) is 0 Å². The molecule has 5 nitrogen and oxygen atoms in total. The minimum Gasteiger partial charge on any atom is -0.410 e. The van der Waals surface area contributed by atoms with E-state index < -0.39 is 6.09 Å². The van der Waals surface area contributed by atoms with E-state index in [-0.39, 0.29) is 18.5 Å². The molecular formula is C14H18N2O3. The molecule has 2 amide bonds. The quantitative estimate of drug-likeness (QED) is 0.815. The number of para-hydroxylation sites is 1. The third-order valence-corrected chi connectivity index (χ3v) is 3.09. The largest absolute Gasteiger partial charge is 0.415 e. The van der Waals surface area contributed by atoms with Crippen molar-refractivity contribution in [1.29, 1.82) is 0 Å². The lowest BCUT2D eigenvalue weighted by molar-refractivity contribution is -0.137. The lowest BCUT2D eigenvalue weighted by atomic mass is 10.2. The van der Waals surface area contributed by atoms with Gasteiger partial charge in [0.05, 0.1) is 0 Å². The molecular weight excluding hydrogens is 244 g/mol. The van der Waals surface area contributed by atoms with Crippen molar-refractivity contribution in [1.82, 2.24) is 9.80 Å². The van der Waals surface area contributed by atoms with Gasteiger partial charge >= 0.3 is 6.09 Å². The standard InChI is InChI=1S/C14H18N2O3/c1-11(2)16-9-8-15(10-13(16)17)14(18)19-12-6-4-3-5-7-12/h3-7,11H,8-10H2,1-2H3. The van der Waals surface area contributed by atoms with Crippen molar-refractivity contribution in [3.8, 4) is 5.75 Å². The van der Waals surface area contributed by atoms with E-state index in [4.69, 9.17) is 4.74 Å². The molecule has 0 aliphatic carbocycles. The van der Waals surface area contributed by atoms with E-state index in [1.165, 1.54) is 4.90 Å². The fourth-order valence-corrected chi connectivity index (χ4v) is 2.04. The summed E-state index contributed by atoms with van der Waals surface area (Å²) in [5.41, 5.74) is 0. The van der Waals surface area contributed by atoms with Crippen molar-refractivity contribution in [2.75, 3.05) is 19.6 Å². The first kappa shape index (κ1) is 13.4. The van der Waals surface area contributed by atoms with Gasteiger partial charge in [0.1, 0.15) is 12.3 Å². The van der Waals surface area contributed by atoms with E-state index in [1.54, 1.807) is 29.2 Å². The highest BCUT2D eigenvalue weighted by molar-refractivity contribution is 5.84. The molecule has 1 aliphatic heterocycles. The van der Waals surface area contributed by atoms with Crippen molar-refractivity contribution in [3.63, 3.8) is 0 Å². The number of hydrogen-bond acceptors (Lipinski definition) is 3. The van der Waals surface area contributed by atoms with Gasteiger partial charge in [-0.25, -0.2) is 4.79 Å². The van der Waals surface area contributed by atoms with Crippen molar-refractivity contribution in [3.05, 3.63) is 30.3 Å². The fourth-order valence-electron chi connectivity index (χ4n) is 2.04. The van der Waals surface area contributed by atoms with Crippen molar-refractivity contribution in [2.24, 2.45) is 0 Å². The van der Waals surface area contributed by atoms with Gasteiger partial charge in [0.15, 0.2) is 0 Å². The molecule has 0 radical (unpaired) electrons. The second-order valence-electron chi connectivity index (χ2n) is 4.78. The van der Waals surface area contributed by atoms with Crippen molar-refractivity contribution < 1.29 is 14.3 Å². The van der Waals surface area contributed by atoms with Crippen molar-refractivity contribution >= 4 is 12.0 Å². The Morgan fingerprint density at radius 3 is 2.47 bits per heavy atom. The van der Waals surface area contributed by atoms with E-state index in [9.17, 15) is 9.59 Å². The number of hydrogen-bond donors (Lipinski definition) is 0. The van der Waals surface area contributed by atoms with Crippen LogP contribution in [0, 0.1) is 0 Å². The van der Waals surface area contributed by atoms with Crippen LogP contribution in [0.5, 0.6) is 5.75 Å². The molecule has 0 saturated carbocycles. The Morgan fingerprint density at radius 2 is 1.89 bits per heavy atom. The van der Waals surface area contributed by atoms with Gasteiger partial charge in [0, 0.05) is 19.1 Å². The average molecular weight is 262 g/mol. The van der Waals surface area contributed by atoms with Gasteiger partial charge in [-0.1, -0.05) is 18.2 Å². The fraction of sp³-hybridized carbons (Fsp3) is 0.429. The third-order valence-electron chi connectivity index (χ3n) is 3.09. The molecule has 0 spiro atoms. The molecule has 1 aromatic rings. The topological polar surface area (TPSA) is 49.9 Å².